The maximum Gasteiger partial charge on any atom is 0.469 e. The van der Waals surface area contributed by atoms with Gasteiger partial charge in [0.25, 0.3) is 0 Å². The Morgan fingerprint density at radius 3 is 2.58 bits per heavy atom. The summed E-state index contributed by atoms with van der Waals surface area (Å²) in [5, 5.41) is 2.87. The van der Waals surface area contributed by atoms with Crippen LogP contribution in [0, 0.1) is 5.92 Å². The van der Waals surface area contributed by atoms with Gasteiger partial charge in [-0.1, -0.05) is 38.1 Å². The van der Waals surface area contributed by atoms with Crippen LogP contribution < -0.4 is 15.8 Å². The first-order valence-electron chi connectivity index (χ1n) is 10.4. The highest BCUT2D eigenvalue weighted by Crippen LogP contribution is 2.46. The summed E-state index contributed by atoms with van der Waals surface area (Å²) >= 11 is 1.05. The fourth-order valence-electron chi connectivity index (χ4n) is 3.06. The normalized spacial score (nSPS) is 20.8. The second-order valence-corrected chi connectivity index (χ2v) is 10.3. The SMILES string of the molecule is CCCC(C)OCCOc1ccc(C2=CN[C@@](N)(C(C)COP(=O)(O)O)S2)cc1C(F)(F)F. The zero-order valence-electron chi connectivity index (χ0n) is 18.6. The number of halogens is 3. The number of nitrogens with two attached hydrogens (primary N) is 1. The molecule has 0 fully saturated rings. The molecule has 2 unspecified atom stereocenters. The van der Waals surface area contributed by atoms with Crippen molar-refractivity contribution in [2.45, 2.75) is 50.9 Å². The Hall–Kier alpha value is -1.27. The van der Waals surface area contributed by atoms with E-state index in [1.165, 1.54) is 18.3 Å². The summed E-state index contributed by atoms with van der Waals surface area (Å²) in [6, 6.07) is 3.74. The molecule has 8 nitrogen and oxygen atoms in total. The van der Waals surface area contributed by atoms with Crippen molar-refractivity contribution in [3.63, 3.8) is 0 Å². The summed E-state index contributed by atoms with van der Waals surface area (Å²) in [6.45, 7) is 5.34. The molecule has 0 aliphatic carbocycles. The summed E-state index contributed by atoms with van der Waals surface area (Å²) in [7, 11) is -4.67. The molecule has 1 aliphatic heterocycles. The monoisotopic (exact) mass is 514 g/mol. The van der Waals surface area contributed by atoms with E-state index in [0.29, 0.717) is 4.91 Å². The van der Waals surface area contributed by atoms with E-state index in [4.69, 9.17) is 25.0 Å². The number of phosphoric ester groups is 1. The number of phosphoric acid groups is 1. The molecular formula is C20H30F3N2O6PS. The molecule has 1 heterocycles. The largest absolute Gasteiger partial charge is 0.491 e. The number of benzene rings is 1. The third kappa shape index (κ3) is 8.47. The molecule has 1 aromatic rings. The van der Waals surface area contributed by atoms with Crippen LogP contribution in [0.1, 0.15) is 44.7 Å². The Balaban J connectivity index is 2.08. The summed E-state index contributed by atoms with van der Waals surface area (Å²) in [4.78, 5) is 17.0. The highest BCUT2D eigenvalue weighted by molar-refractivity contribution is 8.09. The summed E-state index contributed by atoms with van der Waals surface area (Å²) in [5.41, 5.74) is 5.60. The fourth-order valence-corrected chi connectivity index (χ4v) is 4.59. The van der Waals surface area contributed by atoms with Crippen LogP contribution in [0.15, 0.2) is 24.4 Å². The molecule has 0 radical (unpaired) electrons. The Morgan fingerprint density at radius 1 is 1.27 bits per heavy atom. The van der Waals surface area contributed by atoms with Crippen molar-refractivity contribution in [3.05, 3.63) is 35.5 Å². The van der Waals surface area contributed by atoms with Gasteiger partial charge in [-0.15, -0.1) is 0 Å². The Morgan fingerprint density at radius 2 is 1.97 bits per heavy atom. The van der Waals surface area contributed by atoms with E-state index in [1.54, 1.807) is 6.92 Å². The van der Waals surface area contributed by atoms with Crippen molar-refractivity contribution in [3.8, 4) is 5.75 Å². The Labute approximate surface area is 195 Å². The van der Waals surface area contributed by atoms with Crippen LogP contribution in [0.3, 0.4) is 0 Å². The van der Waals surface area contributed by atoms with E-state index < -0.39 is 30.5 Å². The van der Waals surface area contributed by atoms with Gasteiger partial charge < -0.3 is 24.6 Å². The van der Waals surface area contributed by atoms with E-state index in [-0.39, 0.29) is 37.2 Å². The van der Waals surface area contributed by atoms with Crippen LogP contribution in [-0.2, 0) is 20.0 Å². The number of thioether (sulfide) groups is 1. The van der Waals surface area contributed by atoms with Crippen LogP contribution in [0.5, 0.6) is 5.75 Å². The van der Waals surface area contributed by atoms with E-state index in [1.807, 2.05) is 13.8 Å². The molecule has 0 saturated heterocycles. The lowest BCUT2D eigenvalue weighted by Gasteiger charge is -2.31. The molecule has 1 aliphatic rings. The predicted octanol–water partition coefficient (Wildman–Crippen LogP) is 4.28. The topological polar surface area (TPSA) is 123 Å². The molecule has 0 amide bonds. The maximum atomic E-state index is 13.7. The van der Waals surface area contributed by atoms with Crippen molar-refractivity contribution in [2.24, 2.45) is 11.7 Å². The first kappa shape index (κ1) is 28.0. The van der Waals surface area contributed by atoms with Crippen molar-refractivity contribution in [1.82, 2.24) is 5.32 Å². The van der Waals surface area contributed by atoms with Gasteiger partial charge in [0, 0.05) is 17.0 Å². The van der Waals surface area contributed by atoms with Crippen LogP contribution in [0.4, 0.5) is 13.2 Å². The van der Waals surface area contributed by atoms with Crippen LogP contribution in [0.2, 0.25) is 0 Å². The average Bonchev–Trinajstić information content (AvgIpc) is 3.12. The van der Waals surface area contributed by atoms with Gasteiger partial charge >= 0.3 is 14.0 Å². The smallest absolute Gasteiger partial charge is 0.469 e. The van der Waals surface area contributed by atoms with E-state index in [2.05, 4.69) is 9.84 Å². The highest BCUT2D eigenvalue weighted by Gasteiger charge is 2.40. The minimum atomic E-state index is -4.67. The average molecular weight is 515 g/mol. The van der Waals surface area contributed by atoms with Crippen molar-refractivity contribution in [1.29, 1.82) is 0 Å². The Kier molecular flexibility index (Phi) is 9.70. The zero-order chi connectivity index (χ0) is 24.9. The molecule has 0 bridgehead atoms. The lowest BCUT2D eigenvalue weighted by molar-refractivity contribution is -0.139. The minimum Gasteiger partial charge on any atom is -0.491 e. The molecule has 2 rings (SSSR count). The standard InChI is InChI=1S/C20H30F3N2O6PS/c1-4-5-14(3)29-8-9-30-17-7-6-15(10-16(17)19(21,22)23)18-11-25-20(24,33-18)13(2)12-31-32(26,27)28/h6-7,10-11,13-14,25H,4-5,8-9,12,24H2,1-3H3,(H2,26,27,28)/t13?,14?,20-/m0/s1. The minimum absolute atomic E-state index is 0.00732. The predicted molar refractivity (Wildman–Crippen MR) is 120 cm³/mol. The maximum absolute atomic E-state index is 13.7. The molecule has 0 saturated carbocycles. The fraction of sp³-hybridized carbons (Fsp3) is 0.600. The summed E-state index contributed by atoms with van der Waals surface area (Å²) in [6.07, 6.45) is -1.35. The summed E-state index contributed by atoms with van der Waals surface area (Å²) < 4.78 is 67.3. The summed E-state index contributed by atoms with van der Waals surface area (Å²) in [5.74, 6) is -0.874. The number of rotatable bonds is 12. The molecule has 33 heavy (non-hydrogen) atoms. The second kappa shape index (κ2) is 11.4. The van der Waals surface area contributed by atoms with Crippen LogP contribution in [0.25, 0.3) is 4.91 Å². The number of alkyl halides is 3. The van der Waals surface area contributed by atoms with Gasteiger partial charge in [0.15, 0.2) is 0 Å². The molecular weight excluding hydrogens is 484 g/mol. The third-order valence-corrected chi connectivity index (χ3v) is 6.86. The molecule has 3 atom stereocenters. The van der Waals surface area contributed by atoms with E-state index in [9.17, 15) is 17.7 Å². The molecule has 13 heteroatoms. The van der Waals surface area contributed by atoms with Gasteiger partial charge in [0.2, 0.25) is 0 Å². The van der Waals surface area contributed by atoms with Gasteiger partial charge in [-0.3, -0.25) is 10.3 Å². The van der Waals surface area contributed by atoms with Gasteiger partial charge in [0.1, 0.15) is 17.4 Å². The first-order valence-corrected chi connectivity index (χ1v) is 12.7. The van der Waals surface area contributed by atoms with Gasteiger partial charge in [-0.25, -0.2) is 4.57 Å². The lowest BCUT2D eigenvalue weighted by atomic mass is 10.1. The van der Waals surface area contributed by atoms with Crippen LogP contribution in [-0.4, -0.2) is 40.7 Å². The number of ether oxygens (including phenoxy) is 2. The second-order valence-electron chi connectivity index (χ2n) is 7.76. The molecule has 5 N–H and O–H groups in total. The highest BCUT2D eigenvalue weighted by atomic mass is 32.2. The molecule has 1 aromatic carbocycles. The van der Waals surface area contributed by atoms with Gasteiger partial charge in [0.05, 0.1) is 24.9 Å². The van der Waals surface area contributed by atoms with Gasteiger partial charge in [-0.05, 0) is 31.0 Å². The number of hydrogen-bond donors (Lipinski definition) is 4. The van der Waals surface area contributed by atoms with Crippen LogP contribution >= 0.6 is 19.6 Å². The van der Waals surface area contributed by atoms with Crippen molar-refractivity contribution in [2.75, 3.05) is 19.8 Å². The lowest BCUT2D eigenvalue weighted by Crippen LogP contribution is -2.52. The Bertz CT molecular complexity index is 882. The molecule has 0 spiro atoms. The number of nitrogens with one attached hydrogen (secondary N) is 1. The third-order valence-electron chi connectivity index (χ3n) is 4.94. The quantitative estimate of drug-likeness (QED) is 0.239. The number of hydrogen-bond acceptors (Lipinski definition) is 7. The van der Waals surface area contributed by atoms with Crippen molar-refractivity contribution < 1.29 is 41.5 Å². The molecule has 188 valence electrons. The van der Waals surface area contributed by atoms with E-state index in [0.717, 1.165) is 30.7 Å². The van der Waals surface area contributed by atoms with Crippen molar-refractivity contribution >= 4 is 24.5 Å². The first-order chi connectivity index (χ1) is 15.2. The van der Waals surface area contributed by atoms with Gasteiger partial charge in [-0.2, -0.15) is 13.2 Å². The van der Waals surface area contributed by atoms with E-state index >= 15 is 0 Å². The zero-order valence-corrected chi connectivity index (χ0v) is 20.3. The molecule has 0 aromatic heterocycles.